The summed E-state index contributed by atoms with van der Waals surface area (Å²) in [6.07, 6.45) is 9.47. The summed E-state index contributed by atoms with van der Waals surface area (Å²) in [4.78, 5) is 34.8. The minimum absolute atomic E-state index is 0.0202. The van der Waals surface area contributed by atoms with Crippen molar-refractivity contribution >= 4 is 17.5 Å². The summed E-state index contributed by atoms with van der Waals surface area (Å²) in [5.74, 6) is 0.601. The molecule has 3 heterocycles. The number of anilines is 1. The number of hydrogen-bond acceptors (Lipinski definition) is 4. The third kappa shape index (κ3) is 4.09. The topological polar surface area (TPSA) is 80.1 Å². The molecule has 0 spiro atoms. The number of carbonyl (C=O) groups is 2. The summed E-state index contributed by atoms with van der Waals surface area (Å²) in [6, 6.07) is 3.84. The number of hydrogen-bond donors (Lipinski definition) is 1. The third-order valence-electron chi connectivity index (χ3n) is 4.64. The quantitative estimate of drug-likeness (QED) is 0.894. The molecule has 7 nitrogen and oxygen atoms in total. The van der Waals surface area contributed by atoms with Crippen LogP contribution in [-0.2, 0) is 4.79 Å². The molecule has 3 rings (SSSR count). The maximum absolute atomic E-state index is 12.7. The summed E-state index contributed by atoms with van der Waals surface area (Å²) in [5, 5.41) is 2.81. The predicted molar refractivity (Wildman–Crippen MR) is 99.2 cm³/mol. The van der Waals surface area contributed by atoms with Crippen molar-refractivity contribution < 1.29 is 9.59 Å². The molecule has 0 aromatic carbocycles. The number of amides is 2. The fraction of sp³-hybridized carbons (Fsp3) is 0.474. The minimum atomic E-state index is -0.0283. The van der Waals surface area contributed by atoms with Gasteiger partial charge in [-0.25, -0.2) is 9.97 Å². The molecule has 2 amide bonds. The molecule has 26 heavy (non-hydrogen) atoms. The van der Waals surface area contributed by atoms with Crippen molar-refractivity contribution in [2.24, 2.45) is 0 Å². The number of likely N-dealkylation sites (tertiary alicyclic amines) is 1. The van der Waals surface area contributed by atoms with Gasteiger partial charge in [-0.05, 0) is 44.7 Å². The highest BCUT2D eigenvalue weighted by Gasteiger charge is 2.25. The van der Waals surface area contributed by atoms with E-state index in [0.717, 1.165) is 25.8 Å². The number of aromatic nitrogens is 3. The van der Waals surface area contributed by atoms with Crippen molar-refractivity contribution in [2.45, 2.75) is 52.0 Å². The molecule has 1 atom stereocenters. The summed E-state index contributed by atoms with van der Waals surface area (Å²) >= 11 is 0. The molecule has 1 fully saturated rings. The summed E-state index contributed by atoms with van der Waals surface area (Å²) in [7, 11) is 0. The largest absolute Gasteiger partial charge is 0.335 e. The summed E-state index contributed by atoms with van der Waals surface area (Å²) in [5.41, 5.74) is 1.09. The van der Waals surface area contributed by atoms with E-state index in [9.17, 15) is 9.59 Å². The number of pyridine rings is 1. The first-order chi connectivity index (χ1) is 12.6. The van der Waals surface area contributed by atoms with Crippen molar-refractivity contribution in [2.75, 3.05) is 11.9 Å². The van der Waals surface area contributed by atoms with Gasteiger partial charge in [0.1, 0.15) is 17.8 Å². The van der Waals surface area contributed by atoms with Gasteiger partial charge in [0, 0.05) is 25.2 Å². The van der Waals surface area contributed by atoms with Crippen molar-refractivity contribution in [1.29, 1.82) is 0 Å². The standard InChI is InChI=1S/C19H25N5O2/c1-3-6-18(25)22-15-8-9-17(20-11-15)23-12-16(21-13-23)19(26)24-10-5-4-7-14(24)2/h8-9,11-14H,3-7,10H2,1-2H3,(H,22,25). The molecule has 7 heteroatoms. The predicted octanol–water partition coefficient (Wildman–Crippen LogP) is 3.02. The smallest absolute Gasteiger partial charge is 0.274 e. The van der Waals surface area contributed by atoms with Gasteiger partial charge in [-0.1, -0.05) is 6.92 Å². The van der Waals surface area contributed by atoms with Crippen molar-refractivity contribution in [3.63, 3.8) is 0 Å². The Hall–Kier alpha value is -2.70. The zero-order chi connectivity index (χ0) is 18.5. The average Bonchev–Trinajstić information content (AvgIpc) is 3.12. The lowest BCUT2D eigenvalue weighted by molar-refractivity contribution is -0.116. The van der Waals surface area contributed by atoms with E-state index in [1.807, 2.05) is 11.8 Å². The fourth-order valence-electron chi connectivity index (χ4n) is 3.17. The van der Waals surface area contributed by atoms with E-state index in [-0.39, 0.29) is 17.9 Å². The second-order valence-electron chi connectivity index (χ2n) is 6.71. The molecule has 1 aliphatic rings. The van der Waals surface area contributed by atoms with E-state index in [0.29, 0.717) is 23.6 Å². The highest BCUT2D eigenvalue weighted by Crippen LogP contribution is 2.19. The van der Waals surface area contributed by atoms with Crippen molar-refractivity contribution in [3.05, 3.63) is 36.5 Å². The maximum Gasteiger partial charge on any atom is 0.274 e. The molecule has 1 unspecified atom stereocenters. The Morgan fingerprint density at radius 3 is 2.81 bits per heavy atom. The monoisotopic (exact) mass is 355 g/mol. The first kappa shape index (κ1) is 18.1. The number of rotatable bonds is 5. The van der Waals surface area contributed by atoms with Gasteiger partial charge in [-0.3, -0.25) is 14.2 Å². The molecule has 138 valence electrons. The second-order valence-corrected chi connectivity index (χ2v) is 6.71. The molecule has 2 aromatic heterocycles. The molecular formula is C19H25N5O2. The fourth-order valence-corrected chi connectivity index (χ4v) is 3.17. The Balaban J connectivity index is 1.69. The molecule has 0 saturated carbocycles. The number of nitrogens with zero attached hydrogens (tertiary/aromatic N) is 4. The number of nitrogens with one attached hydrogen (secondary N) is 1. The highest BCUT2D eigenvalue weighted by atomic mass is 16.2. The average molecular weight is 355 g/mol. The molecule has 1 saturated heterocycles. The molecule has 1 aliphatic heterocycles. The zero-order valence-corrected chi connectivity index (χ0v) is 15.3. The first-order valence-electron chi connectivity index (χ1n) is 9.19. The molecule has 0 bridgehead atoms. The van der Waals surface area contributed by atoms with Gasteiger partial charge >= 0.3 is 0 Å². The van der Waals surface area contributed by atoms with Gasteiger partial charge < -0.3 is 10.2 Å². The van der Waals surface area contributed by atoms with Gasteiger partial charge in [0.25, 0.3) is 5.91 Å². The van der Waals surface area contributed by atoms with Gasteiger partial charge in [0.15, 0.2) is 0 Å². The van der Waals surface area contributed by atoms with Gasteiger partial charge in [0.2, 0.25) is 5.91 Å². The molecule has 2 aromatic rings. The minimum Gasteiger partial charge on any atom is -0.335 e. The van der Waals surface area contributed by atoms with Gasteiger partial charge in [-0.2, -0.15) is 0 Å². The molecule has 1 N–H and O–H groups in total. The van der Waals surface area contributed by atoms with E-state index >= 15 is 0 Å². The van der Waals surface area contributed by atoms with Crippen LogP contribution in [0, 0.1) is 0 Å². The summed E-state index contributed by atoms with van der Waals surface area (Å²) in [6.45, 7) is 4.84. The summed E-state index contributed by atoms with van der Waals surface area (Å²) < 4.78 is 1.72. The Labute approximate surface area is 153 Å². The molecular weight excluding hydrogens is 330 g/mol. The van der Waals surface area contributed by atoms with Crippen LogP contribution in [0.25, 0.3) is 5.82 Å². The van der Waals surface area contributed by atoms with Crippen LogP contribution in [0.15, 0.2) is 30.9 Å². The van der Waals surface area contributed by atoms with Crippen LogP contribution < -0.4 is 5.32 Å². The maximum atomic E-state index is 12.7. The van der Waals surface area contributed by atoms with E-state index < -0.39 is 0 Å². The van der Waals surface area contributed by atoms with Crippen LogP contribution >= 0.6 is 0 Å². The molecule has 0 aliphatic carbocycles. The van der Waals surface area contributed by atoms with E-state index in [1.165, 1.54) is 6.42 Å². The Morgan fingerprint density at radius 1 is 1.27 bits per heavy atom. The number of piperidine rings is 1. The van der Waals surface area contributed by atoms with Crippen LogP contribution in [0.2, 0.25) is 0 Å². The van der Waals surface area contributed by atoms with Crippen LogP contribution in [0.1, 0.15) is 56.4 Å². The van der Waals surface area contributed by atoms with Crippen molar-refractivity contribution in [3.8, 4) is 5.82 Å². The van der Waals surface area contributed by atoms with E-state index in [2.05, 4.69) is 22.2 Å². The highest BCUT2D eigenvalue weighted by molar-refractivity contribution is 5.92. The normalized spacial score (nSPS) is 17.2. The third-order valence-corrected chi connectivity index (χ3v) is 4.64. The first-order valence-corrected chi connectivity index (χ1v) is 9.19. The van der Waals surface area contributed by atoms with Crippen LogP contribution in [0.5, 0.6) is 0 Å². The van der Waals surface area contributed by atoms with Crippen LogP contribution in [0.3, 0.4) is 0 Å². The number of imidazole rings is 1. The lowest BCUT2D eigenvalue weighted by atomic mass is 10.0. The number of carbonyl (C=O) groups excluding carboxylic acids is 2. The van der Waals surface area contributed by atoms with E-state index in [4.69, 9.17) is 0 Å². The zero-order valence-electron chi connectivity index (χ0n) is 15.3. The van der Waals surface area contributed by atoms with Crippen LogP contribution in [0.4, 0.5) is 5.69 Å². The Bertz CT molecular complexity index is 768. The Kier molecular flexibility index (Phi) is 5.65. The Morgan fingerprint density at radius 2 is 2.12 bits per heavy atom. The van der Waals surface area contributed by atoms with Gasteiger partial charge in [0.05, 0.1) is 11.9 Å². The van der Waals surface area contributed by atoms with Crippen LogP contribution in [-0.4, -0.2) is 43.8 Å². The van der Waals surface area contributed by atoms with E-state index in [1.54, 1.807) is 35.4 Å². The van der Waals surface area contributed by atoms with Crippen molar-refractivity contribution in [1.82, 2.24) is 19.4 Å². The SMILES string of the molecule is CCCC(=O)Nc1ccc(-n2cnc(C(=O)N3CCCCC3C)c2)nc1. The van der Waals surface area contributed by atoms with Gasteiger partial charge in [-0.15, -0.1) is 0 Å². The lowest BCUT2D eigenvalue weighted by Crippen LogP contribution is -2.42. The lowest BCUT2D eigenvalue weighted by Gasteiger charge is -2.32. The molecule has 0 radical (unpaired) electrons. The second kappa shape index (κ2) is 8.12.